The Hall–Kier alpha value is -7.10. The van der Waals surface area contributed by atoms with Crippen molar-refractivity contribution in [3.05, 3.63) is 188 Å². The number of hydrogen-bond donors (Lipinski definition) is 0. The quantitative estimate of drug-likeness (QED) is 0.170. The number of para-hydroxylation sites is 4. The minimum atomic E-state index is 0.844. The molecule has 2 aromatic heterocycles. The summed E-state index contributed by atoms with van der Waals surface area (Å²) in [4.78, 5) is 2.40. The van der Waals surface area contributed by atoms with Crippen molar-refractivity contribution >= 4 is 82.5 Å². The fourth-order valence-corrected chi connectivity index (χ4v) is 8.20. The van der Waals surface area contributed by atoms with Gasteiger partial charge in [0.2, 0.25) is 0 Å². The molecule has 0 radical (unpaired) electrons. The lowest BCUT2D eigenvalue weighted by Gasteiger charge is -2.28. The van der Waals surface area contributed by atoms with Gasteiger partial charge in [0.25, 0.3) is 0 Å². The number of hydrogen-bond acceptors (Lipinski definition) is 3. The molecule has 11 rings (SSSR count). The average molecular weight is 678 g/mol. The van der Waals surface area contributed by atoms with Crippen LogP contribution in [0.3, 0.4) is 0 Å². The Morgan fingerprint density at radius 1 is 0.321 bits per heavy atom. The second kappa shape index (κ2) is 11.7. The fourth-order valence-electron chi connectivity index (χ4n) is 8.20. The smallest absolute Gasteiger partial charge is 0.159 e. The van der Waals surface area contributed by atoms with E-state index in [0.29, 0.717) is 0 Å². The van der Waals surface area contributed by atoms with E-state index in [2.05, 4.69) is 175 Å². The van der Waals surface area contributed by atoms with Crippen LogP contribution in [0, 0.1) is 0 Å². The highest BCUT2D eigenvalue weighted by Crippen LogP contribution is 2.48. The first kappa shape index (κ1) is 29.6. The minimum absolute atomic E-state index is 0.844. The van der Waals surface area contributed by atoms with Gasteiger partial charge in [0.05, 0.1) is 11.4 Å². The number of anilines is 3. The number of rotatable bonds is 5. The van der Waals surface area contributed by atoms with Crippen molar-refractivity contribution in [1.82, 2.24) is 0 Å². The van der Waals surface area contributed by atoms with Gasteiger partial charge in [-0.2, -0.15) is 0 Å². The van der Waals surface area contributed by atoms with E-state index in [1.165, 1.54) is 16.2 Å². The molecule has 0 unspecified atom stereocenters. The van der Waals surface area contributed by atoms with Crippen LogP contribution in [-0.2, 0) is 0 Å². The van der Waals surface area contributed by atoms with Crippen molar-refractivity contribution in [2.75, 3.05) is 4.90 Å². The Morgan fingerprint density at radius 3 is 1.66 bits per heavy atom. The lowest BCUT2D eigenvalue weighted by atomic mass is 9.95. The maximum absolute atomic E-state index is 6.77. The number of fused-ring (bicyclic) bond motifs is 9. The summed E-state index contributed by atoms with van der Waals surface area (Å²) in [5.74, 6) is 0. The second-order valence-corrected chi connectivity index (χ2v) is 13.7. The van der Waals surface area contributed by atoms with Crippen molar-refractivity contribution in [2.45, 2.75) is 0 Å². The van der Waals surface area contributed by atoms with E-state index in [0.717, 1.165) is 88.6 Å². The summed E-state index contributed by atoms with van der Waals surface area (Å²) in [6, 6.07) is 66.8. The molecule has 0 fully saturated rings. The van der Waals surface area contributed by atoms with Crippen LogP contribution >= 0.6 is 0 Å². The highest BCUT2D eigenvalue weighted by Gasteiger charge is 2.24. The molecular weight excluding hydrogens is 647 g/mol. The monoisotopic (exact) mass is 677 g/mol. The first-order chi connectivity index (χ1) is 26.3. The standard InChI is InChI=1S/C50H31NO2/c1-2-14-32(15-3-1)34-28-35(38-22-12-23-43-41-20-8-10-26-47(41)52-49(38)43)30-36(29-34)51(45-25-13-24-44-42-21-9-11-27-48(42)53-50(44)45)46-31-33-16-4-5-17-37(33)39-18-6-7-19-40(39)46/h1-31H. The van der Waals surface area contributed by atoms with E-state index >= 15 is 0 Å². The molecule has 0 aliphatic rings. The Morgan fingerprint density at radius 2 is 0.887 bits per heavy atom. The molecule has 248 valence electrons. The molecule has 0 saturated heterocycles. The topological polar surface area (TPSA) is 29.5 Å². The van der Waals surface area contributed by atoms with Crippen molar-refractivity contribution in [3.63, 3.8) is 0 Å². The molecule has 0 aliphatic heterocycles. The van der Waals surface area contributed by atoms with E-state index in [9.17, 15) is 0 Å². The molecule has 0 N–H and O–H groups in total. The predicted molar refractivity (Wildman–Crippen MR) is 222 cm³/mol. The predicted octanol–water partition coefficient (Wildman–Crippen LogP) is 14.6. The maximum Gasteiger partial charge on any atom is 0.159 e. The minimum Gasteiger partial charge on any atom is -0.455 e. The van der Waals surface area contributed by atoms with Gasteiger partial charge in [-0.05, 0) is 75.3 Å². The third kappa shape index (κ3) is 4.68. The summed E-state index contributed by atoms with van der Waals surface area (Å²) in [6.45, 7) is 0. The van der Waals surface area contributed by atoms with Crippen molar-refractivity contribution in [2.24, 2.45) is 0 Å². The number of furan rings is 2. The van der Waals surface area contributed by atoms with Crippen LogP contribution in [0.4, 0.5) is 17.1 Å². The highest BCUT2D eigenvalue weighted by atomic mass is 16.3. The molecule has 3 heteroatoms. The summed E-state index contributed by atoms with van der Waals surface area (Å²) in [5.41, 5.74) is 10.9. The zero-order valence-corrected chi connectivity index (χ0v) is 28.7. The molecule has 3 nitrogen and oxygen atoms in total. The van der Waals surface area contributed by atoms with Crippen LogP contribution < -0.4 is 4.90 Å². The van der Waals surface area contributed by atoms with Gasteiger partial charge in [-0.3, -0.25) is 0 Å². The number of benzene rings is 9. The van der Waals surface area contributed by atoms with Crippen molar-refractivity contribution < 1.29 is 8.83 Å². The third-order valence-electron chi connectivity index (χ3n) is 10.6. The molecule has 0 aliphatic carbocycles. The molecular formula is C50H31NO2. The molecule has 0 bridgehead atoms. The van der Waals surface area contributed by atoms with Crippen LogP contribution in [0.5, 0.6) is 0 Å². The zero-order chi connectivity index (χ0) is 34.9. The van der Waals surface area contributed by atoms with Crippen LogP contribution in [-0.4, -0.2) is 0 Å². The van der Waals surface area contributed by atoms with Crippen molar-refractivity contribution in [3.8, 4) is 22.3 Å². The summed E-state index contributed by atoms with van der Waals surface area (Å²) >= 11 is 0. The normalized spacial score (nSPS) is 11.8. The number of nitrogens with zero attached hydrogens (tertiary/aromatic N) is 1. The summed E-state index contributed by atoms with van der Waals surface area (Å²) < 4.78 is 13.4. The van der Waals surface area contributed by atoms with Crippen LogP contribution in [0.25, 0.3) is 87.7 Å². The summed E-state index contributed by atoms with van der Waals surface area (Å²) in [5, 5.41) is 9.17. The van der Waals surface area contributed by atoms with E-state index in [4.69, 9.17) is 8.83 Å². The van der Waals surface area contributed by atoms with Crippen LogP contribution in [0.1, 0.15) is 0 Å². The molecule has 0 amide bonds. The molecule has 2 heterocycles. The van der Waals surface area contributed by atoms with Gasteiger partial charge in [-0.1, -0.05) is 146 Å². The first-order valence-electron chi connectivity index (χ1n) is 18.0. The van der Waals surface area contributed by atoms with Crippen LogP contribution in [0.15, 0.2) is 197 Å². The lowest BCUT2D eigenvalue weighted by molar-refractivity contribution is 0.669. The molecule has 0 spiro atoms. The van der Waals surface area contributed by atoms with Crippen LogP contribution in [0.2, 0.25) is 0 Å². The van der Waals surface area contributed by atoms with Gasteiger partial charge in [0.15, 0.2) is 5.58 Å². The van der Waals surface area contributed by atoms with E-state index in [1.54, 1.807) is 0 Å². The van der Waals surface area contributed by atoms with Gasteiger partial charge in [0.1, 0.15) is 16.7 Å². The lowest BCUT2D eigenvalue weighted by Crippen LogP contribution is -2.11. The van der Waals surface area contributed by atoms with E-state index < -0.39 is 0 Å². The Balaban J connectivity index is 1.27. The van der Waals surface area contributed by atoms with Gasteiger partial charge in [0, 0.05) is 38.2 Å². The Labute approximate surface area is 305 Å². The third-order valence-corrected chi connectivity index (χ3v) is 10.6. The first-order valence-corrected chi connectivity index (χ1v) is 18.0. The van der Waals surface area contributed by atoms with Gasteiger partial charge in [-0.15, -0.1) is 0 Å². The van der Waals surface area contributed by atoms with Gasteiger partial charge < -0.3 is 13.7 Å². The largest absolute Gasteiger partial charge is 0.455 e. The molecule has 11 aromatic rings. The van der Waals surface area contributed by atoms with Gasteiger partial charge >= 0.3 is 0 Å². The fraction of sp³-hybridized carbons (Fsp3) is 0. The van der Waals surface area contributed by atoms with Crippen molar-refractivity contribution in [1.29, 1.82) is 0 Å². The highest BCUT2D eigenvalue weighted by molar-refractivity contribution is 6.17. The summed E-state index contributed by atoms with van der Waals surface area (Å²) in [6.07, 6.45) is 0. The summed E-state index contributed by atoms with van der Waals surface area (Å²) in [7, 11) is 0. The second-order valence-electron chi connectivity index (χ2n) is 13.7. The van der Waals surface area contributed by atoms with E-state index in [-0.39, 0.29) is 0 Å². The maximum atomic E-state index is 6.77. The SMILES string of the molecule is c1ccc(-c2cc(-c3cccc4c3oc3ccccc34)cc(N(c3cc4ccccc4c4ccccc34)c3cccc4c3oc3ccccc34)c2)cc1. The Kier molecular flexibility index (Phi) is 6.55. The molecule has 0 saturated carbocycles. The molecule has 0 atom stereocenters. The molecule has 53 heavy (non-hydrogen) atoms. The van der Waals surface area contributed by atoms with E-state index in [1.807, 2.05) is 18.2 Å². The Bertz CT molecular complexity index is 3190. The van der Waals surface area contributed by atoms with Gasteiger partial charge in [-0.25, -0.2) is 0 Å². The molecule has 9 aromatic carbocycles. The average Bonchev–Trinajstić information content (AvgIpc) is 3.80. The zero-order valence-electron chi connectivity index (χ0n) is 28.7.